The van der Waals surface area contributed by atoms with Gasteiger partial charge in [-0.3, -0.25) is 10.1 Å². The van der Waals surface area contributed by atoms with E-state index in [-0.39, 0.29) is 11.8 Å². The van der Waals surface area contributed by atoms with Gasteiger partial charge in [0.2, 0.25) is 0 Å². The van der Waals surface area contributed by atoms with E-state index in [1.165, 1.54) is 0 Å². The monoisotopic (exact) mass is 340 g/mol. The third-order valence-electron chi connectivity index (χ3n) is 3.67. The molecule has 0 saturated carbocycles. The van der Waals surface area contributed by atoms with Crippen molar-refractivity contribution in [1.82, 2.24) is 10.6 Å². The van der Waals surface area contributed by atoms with E-state index < -0.39 is 11.6 Å². The highest BCUT2D eigenvalue weighted by Gasteiger charge is 2.51. The van der Waals surface area contributed by atoms with Gasteiger partial charge in [0.1, 0.15) is 5.75 Å². The molecular weight excluding hydrogens is 324 g/mol. The van der Waals surface area contributed by atoms with Crippen LogP contribution in [-0.2, 0) is 10.3 Å². The van der Waals surface area contributed by atoms with Gasteiger partial charge in [0.05, 0.1) is 7.11 Å². The van der Waals surface area contributed by atoms with Gasteiger partial charge >= 0.3 is 6.03 Å². The molecule has 20 heavy (non-hydrogen) atoms. The lowest BCUT2D eigenvalue weighted by Crippen LogP contribution is -2.48. The highest BCUT2D eigenvalue weighted by molar-refractivity contribution is 9.10. The van der Waals surface area contributed by atoms with Crippen LogP contribution in [0.5, 0.6) is 5.75 Å². The number of urea groups is 1. The van der Waals surface area contributed by atoms with Gasteiger partial charge in [-0.2, -0.15) is 0 Å². The van der Waals surface area contributed by atoms with Crippen LogP contribution in [0.25, 0.3) is 0 Å². The molecule has 0 radical (unpaired) electrons. The van der Waals surface area contributed by atoms with Crippen LogP contribution >= 0.6 is 15.9 Å². The van der Waals surface area contributed by atoms with E-state index in [2.05, 4.69) is 26.6 Å². The molecule has 1 heterocycles. The standard InChI is InChI=1S/C14H17BrN2O3/c1-7(2)14(12(18)16-13(19)17-14)9-5-8(3)10(15)6-11(9)20-4/h5-7H,1-4H3,(H2,16,17,18,19). The zero-order valence-corrected chi connectivity index (χ0v) is 13.4. The fraction of sp³-hybridized carbons (Fsp3) is 0.429. The normalized spacial score (nSPS) is 21.9. The number of amides is 3. The molecule has 1 saturated heterocycles. The minimum atomic E-state index is -1.10. The number of carbonyl (C=O) groups is 2. The van der Waals surface area contributed by atoms with Crippen LogP contribution in [-0.4, -0.2) is 19.0 Å². The first kappa shape index (κ1) is 14.8. The summed E-state index contributed by atoms with van der Waals surface area (Å²) in [6.45, 7) is 5.71. The molecule has 3 amide bonds. The maximum atomic E-state index is 12.4. The molecule has 1 aliphatic rings. The number of imide groups is 1. The summed E-state index contributed by atoms with van der Waals surface area (Å²) in [6, 6.07) is 3.20. The summed E-state index contributed by atoms with van der Waals surface area (Å²) in [5.74, 6) is 0.0921. The average Bonchev–Trinajstić information content (AvgIpc) is 2.68. The molecule has 2 N–H and O–H groups in total. The van der Waals surface area contributed by atoms with Crippen molar-refractivity contribution in [1.29, 1.82) is 0 Å². The summed E-state index contributed by atoms with van der Waals surface area (Å²) < 4.78 is 6.28. The number of carbonyl (C=O) groups excluding carboxylic acids is 2. The van der Waals surface area contributed by atoms with Crippen molar-refractivity contribution >= 4 is 27.9 Å². The molecular formula is C14H17BrN2O3. The molecule has 1 atom stereocenters. The zero-order valence-electron chi connectivity index (χ0n) is 11.8. The SMILES string of the molecule is COc1cc(Br)c(C)cc1C1(C(C)C)NC(=O)NC1=O. The maximum Gasteiger partial charge on any atom is 0.322 e. The number of halogens is 1. The summed E-state index contributed by atoms with van der Waals surface area (Å²) in [5.41, 5.74) is 0.530. The first-order valence-electron chi connectivity index (χ1n) is 6.31. The van der Waals surface area contributed by atoms with E-state index in [1.54, 1.807) is 7.11 Å². The second-order valence-corrected chi connectivity index (χ2v) is 6.03. The Morgan fingerprint density at radius 3 is 2.40 bits per heavy atom. The average molecular weight is 341 g/mol. The number of benzene rings is 1. The lowest BCUT2D eigenvalue weighted by Gasteiger charge is -2.32. The van der Waals surface area contributed by atoms with Crippen molar-refractivity contribution in [3.05, 3.63) is 27.7 Å². The molecule has 1 aliphatic heterocycles. The van der Waals surface area contributed by atoms with Crippen LogP contribution in [0, 0.1) is 12.8 Å². The van der Waals surface area contributed by atoms with Crippen LogP contribution < -0.4 is 15.4 Å². The number of rotatable bonds is 3. The van der Waals surface area contributed by atoms with E-state index >= 15 is 0 Å². The van der Waals surface area contributed by atoms with Crippen molar-refractivity contribution in [2.45, 2.75) is 26.3 Å². The minimum Gasteiger partial charge on any atom is -0.496 e. The first-order valence-corrected chi connectivity index (χ1v) is 7.10. The maximum absolute atomic E-state index is 12.4. The van der Waals surface area contributed by atoms with Gasteiger partial charge in [0.15, 0.2) is 5.54 Å². The molecule has 0 bridgehead atoms. The highest BCUT2D eigenvalue weighted by Crippen LogP contribution is 2.40. The van der Waals surface area contributed by atoms with Gasteiger partial charge in [-0.1, -0.05) is 29.8 Å². The summed E-state index contributed by atoms with van der Waals surface area (Å²) in [4.78, 5) is 24.0. The third-order valence-corrected chi connectivity index (χ3v) is 4.52. The molecule has 0 spiro atoms. The Balaban J connectivity index is 2.71. The van der Waals surface area contributed by atoms with Crippen LogP contribution in [0.1, 0.15) is 25.0 Å². The third kappa shape index (κ3) is 2.08. The van der Waals surface area contributed by atoms with Crippen LogP contribution in [0.4, 0.5) is 4.79 Å². The molecule has 1 aromatic carbocycles. The Morgan fingerprint density at radius 1 is 1.30 bits per heavy atom. The van der Waals surface area contributed by atoms with Gasteiger partial charge in [-0.25, -0.2) is 4.79 Å². The predicted octanol–water partition coefficient (Wildman–Crippen LogP) is 2.46. The van der Waals surface area contributed by atoms with E-state index in [0.717, 1.165) is 10.0 Å². The van der Waals surface area contributed by atoms with Gasteiger partial charge in [-0.05, 0) is 30.5 Å². The van der Waals surface area contributed by atoms with Gasteiger partial charge in [0, 0.05) is 10.0 Å². The first-order chi connectivity index (χ1) is 9.32. The largest absolute Gasteiger partial charge is 0.496 e. The number of nitrogens with one attached hydrogen (secondary N) is 2. The van der Waals surface area contributed by atoms with Crippen molar-refractivity contribution in [2.24, 2.45) is 5.92 Å². The summed E-state index contributed by atoms with van der Waals surface area (Å²) in [5, 5.41) is 5.08. The summed E-state index contributed by atoms with van der Waals surface area (Å²) >= 11 is 3.44. The van der Waals surface area contributed by atoms with Crippen LogP contribution in [0.3, 0.4) is 0 Å². The number of hydrogen-bond acceptors (Lipinski definition) is 3. The number of hydrogen-bond donors (Lipinski definition) is 2. The van der Waals surface area contributed by atoms with Gasteiger partial charge in [-0.15, -0.1) is 0 Å². The second-order valence-electron chi connectivity index (χ2n) is 5.17. The van der Waals surface area contributed by atoms with Crippen LogP contribution in [0.15, 0.2) is 16.6 Å². The fourth-order valence-corrected chi connectivity index (χ4v) is 2.84. The fourth-order valence-electron chi connectivity index (χ4n) is 2.52. The van der Waals surface area contributed by atoms with E-state index in [0.29, 0.717) is 11.3 Å². The highest BCUT2D eigenvalue weighted by atomic mass is 79.9. The lowest BCUT2D eigenvalue weighted by molar-refractivity contribution is -0.125. The lowest BCUT2D eigenvalue weighted by atomic mass is 9.79. The van der Waals surface area contributed by atoms with Crippen molar-refractivity contribution in [3.63, 3.8) is 0 Å². The quantitative estimate of drug-likeness (QED) is 0.830. The number of methoxy groups -OCH3 is 1. The molecule has 5 nitrogen and oxygen atoms in total. The van der Waals surface area contributed by atoms with Crippen molar-refractivity contribution in [3.8, 4) is 5.75 Å². The van der Waals surface area contributed by atoms with Gasteiger partial charge in [0.25, 0.3) is 5.91 Å². The Labute approximate surface area is 126 Å². The molecule has 1 aromatic rings. The Bertz CT molecular complexity index is 586. The van der Waals surface area contributed by atoms with E-state index in [1.807, 2.05) is 32.9 Å². The van der Waals surface area contributed by atoms with E-state index in [4.69, 9.17) is 4.74 Å². The Morgan fingerprint density at radius 2 is 1.95 bits per heavy atom. The Kier molecular flexibility index (Phi) is 3.77. The number of ether oxygens (including phenoxy) is 1. The van der Waals surface area contributed by atoms with Crippen molar-refractivity contribution < 1.29 is 14.3 Å². The zero-order chi connectivity index (χ0) is 15.1. The predicted molar refractivity (Wildman–Crippen MR) is 78.6 cm³/mol. The summed E-state index contributed by atoms with van der Waals surface area (Å²) in [7, 11) is 1.54. The second kappa shape index (κ2) is 5.09. The topological polar surface area (TPSA) is 67.4 Å². The minimum absolute atomic E-state index is 0.122. The van der Waals surface area contributed by atoms with Crippen molar-refractivity contribution in [2.75, 3.05) is 7.11 Å². The van der Waals surface area contributed by atoms with Gasteiger partial charge < -0.3 is 10.1 Å². The molecule has 0 aromatic heterocycles. The molecule has 1 unspecified atom stereocenters. The molecule has 108 valence electrons. The molecule has 6 heteroatoms. The smallest absolute Gasteiger partial charge is 0.322 e. The number of aryl methyl sites for hydroxylation is 1. The van der Waals surface area contributed by atoms with E-state index in [9.17, 15) is 9.59 Å². The molecule has 0 aliphatic carbocycles. The summed E-state index contributed by atoms with van der Waals surface area (Å²) in [6.07, 6.45) is 0. The molecule has 2 rings (SSSR count). The van der Waals surface area contributed by atoms with Crippen LogP contribution in [0.2, 0.25) is 0 Å². The Hall–Kier alpha value is -1.56. The molecule has 1 fully saturated rings.